The Kier molecular flexibility index (Phi) is 5.27. The predicted octanol–water partition coefficient (Wildman–Crippen LogP) is 2.87. The van der Waals surface area contributed by atoms with Crippen LogP contribution in [0.4, 0.5) is 0 Å². The van der Waals surface area contributed by atoms with Crippen molar-refractivity contribution >= 4 is 0 Å². The fraction of sp³-hybridized carbons (Fsp3) is 1.00. The van der Waals surface area contributed by atoms with E-state index < -0.39 is 5.60 Å². The van der Waals surface area contributed by atoms with Gasteiger partial charge >= 0.3 is 0 Å². The smallest absolute Gasteiger partial charge is 0.0772 e. The van der Waals surface area contributed by atoms with Crippen molar-refractivity contribution in [2.75, 3.05) is 19.7 Å². The zero-order valence-electron chi connectivity index (χ0n) is 12.7. The molecule has 0 aromatic heterocycles. The minimum Gasteiger partial charge on any atom is -0.389 e. The van der Waals surface area contributed by atoms with Crippen LogP contribution in [0.3, 0.4) is 0 Å². The van der Waals surface area contributed by atoms with E-state index in [0.29, 0.717) is 11.5 Å². The van der Waals surface area contributed by atoms with Gasteiger partial charge in [-0.3, -0.25) is 0 Å². The molecule has 112 valence electrons. The summed E-state index contributed by atoms with van der Waals surface area (Å²) in [6.45, 7) is 7.33. The number of hydrogen-bond acceptors (Lipinski definition) is 3. The van der Waals surface area contributed by atoms with Gasteiger partial charge in [-0.1, -0.05) is 13.8 Å². The van der Waals surface area contributed by atoms with E-state index in [1.165, 1.54) is 19.3 Å². The first-order valence-electron chi connectivity index (χ1n) is 8.04. The fourth-order valence-corrected chi connectivity index (χ4v) is 3.22. The normalized spacial score (nSPS) is 29.5. The Morgan fingerprint density at radius 1 is 1.21 bits per heavy atom. The zero-order chi connectivity index (χ0) is 13.8. The van der Waals surface area contributed by atoms with Crippen molar-refractivity contribution in [3.05, 3.63) is 0 Å². The Morgan fingerprint density at radius 3 is 2.58 bits per heavy atom. The van der Waals surface area contributed by atoms with Crippen LogP contribution in [0, 0.1) is 5.41 Å². The van der Waals surface area contributed by atoms with Crippen LogP contribution in [0.2, 0.25) is 0 Å². The van der Waals surface area contributed by atoms with E-state index in [9.17, 15) is 5.11 Å². The van der Waals surface area contributed by atoms with E-state index in [1.807, 2.05) is 0 Å². The van der Waals surface area contributed by atoms with Crippen LogP contribution < -0.4 is 5.32 Å². The van der Waals surface area contributed by atoms with Crippen LogP contribution in [0.15, 0.2) is 0 Å². The third kappa shape index (κ3) is 5.05. The van der Waals surface area contributed by atoms with E-state index in [0.717, 1.165) is 51.8 Å². The molecule has 1 aliphatic heterocycles. The predicted molar refractivity (Wildman–Crippen MR) is 78.3 cm³/mol. The molecule has 3 heteroatoms. The minimum absolute atomic E-state index is 0.423. The maximum absolute atomic E-state index is 10.5. The molecular formula is C16H31NO2. The highest BCUT2D eigenvalue weighted by atomic mass is 16.5. The Hall–Kier alpha value is -0.120. The summed E-state index contributed by atoms with van der Waals surface area (Å²) < 4.78 is 5.62. The van der Waals surface area contributed by atoms with Gasteiger partial charge in [0.25, 0.3) is 0 Å². The average molecular weight is 269 g/mol. The maximum Gasteiger partial charge on any atom is 0.0772 e. The van der Waals surface area contributed by atoms with Crippen LogP contribution >= 0.6 is 0 Å². The molecule has 2 N–H and O–H groups in total. The number of nitrogens with one attached hydrogen (secondary N) is 1. The van der Waals surface area contributed by atoms with E-state index in [1.54, 1.807) is 0 Å². The molecule has 0 spiro atoms. The first-order chi connectivity index (χ1) is 8.99. The highest BCUT2D eigenvalue weighted by molar-refractivity contribution is 4.90. The summed E-state index contributed by atoms with van der Waals surface area (Å²) in [6.07, 6.45) is 9.46. The van der Waals surface area contributed by atoms with Gasteiger partial charge in [-0.15, -0.1) is 0 Å². The van der Waals surface area contributed by atoms with Gasteiger partial charge < -0.3 is 15.2 Å². The Labute approximate surface area is 118 Å². The molecule has 1 heterocycles. The Morgan fingerprint density at radius 2 is 1.95 bits per heavy atom. The molecule has 2 rings (SSSR count). The number of rotatable bonds is 6. The lowest BCUT2D eigenvalue weighted by atomic mass is 9.71. The van der Waals surface area contributed by atoms with Crippen molar-refractivity contribution < 1.29 is 9.84 Å². The van der Waals surface area contributed by atoms with Crippen LogP contribution in [-0.2, 0) is 4.74 Å². The van der Waals surface area contributed by atoms with Crippen molar-refractivity contribution in [2.45, 2.75) is 76.9 Å². The lowest BCUT2D eigenvalue weighted by molar-refractivity contribution is -0.0243. The largest absolute Gasteiger partial charge is 0.389 e. The Balaban J connectivity index is 1.55. The summed E-state index contributed by atoms with van der Waals surface area (Å²) in [7, 11) is 0. The Bertz CT molecular complexity index is 262. The molecule has 1 saturated carbocycles. The summed E-state index contributed by atoms with van der Waals surface area (Å²) in [4.78, 5) is 0. The zero-order valence-corrected chi connectivity index (χ0v) is 12.7. The van der Waals surface area contributed by atoms with Gasteiger partial charge in [0.2, 0.25) is 0 Å². The lowest BCUT2D eigenvalue weighted by Crippen LogP contribution is -2.45. The molecule has 1 atom stereocenters. The van der Waals surface area contributed by atoms with Gasteiger partial charge in [-0.2, -0.15) is 0 Å². The quantitative estimate of drug-likeness (QED) is 0.729. The summed E-state index contributed by atoms with van der Waals surface area (Å²) in [5.74, 6) is 0. The van der Waals surface area contributed by atoms with Gasteiger partial charge in [-0.05, 0) is 63.3 Å². The molecule has 1 unspecified atom stereocenters. The first kappa shape index (κ1) is 15.3. The molecule has 2 fully saturated rings. The fourth-order valence-electron chi connectivity index (χ4n) is 3.22. The van der Waals surface area contributed by atoms with Crippen molar-refractivity contribution in [1.82, 2.24) is 5.32 Å². The second-order valence-electron chi connectivity index (χ2n) is 7.34. The molecule has 1 aliphatic carbocycles. The third-order valence-corrected chi connectivity index (χ3v) is 4.89. The standard InChI is InChI=1S/C16H31NO2/c1-15(2)7-9-16(18,10-8-15)13-17-11-3-5-14-6-4-12-19-14/h14,17-18H,3-13H2,1-2H3. The number of ether oxygens (including phenoxy) is 1. The van der Waals surface area contributed by atoms with Crippen molar-refractivity contribution in [3.8, 4) is 0 Å². The summed E-state index contributed by atoms with van der Waals surface area (Å²) in [5, 5.41) is 14.0. The van der Waals surface area contributed by atoms with E-state index >= 15 is 0 Å². The monoisotopic (exact) mass is 269 g/mol. The molecule has 1 saturated heterocycles. The van der Waals surface area contributed by atoms with Crippen LogP contribution in [-0.4, -0.2) is 36.5 Å². The molecule has 0 amide bonds. The van der Waals surface area contributed by atoms with Crippen LogP contribution in [0.5, 0.6) is 0 Å². The van der Waals surface area contributed by atoms with Crippen LogP contribution in [0.25, 0.3) is 0 Å². The highest BCUT2D eigenvalue weighted by Crippen LogP contribution is 2.39. The van der Waals surface area contributed by atoms with Crippen LogP contribution in [0.1, 0.15) is 65.2 Å². The lowest BCUT2D eigenvalue weighted by Gasteiger charge is -2.40. The summed E-state index contributed by atoms with van der Waals surface area (Å²) in [5.41, 5.74) is -0.0363. The maximum atomic E-state index is 10.5. The van der Waals surface area contributed by atoms with Gasteiger partial charge in [0.15, 0.2) is 0 Å². The average Bonchev–Trinajstić information content (AvgIpc) is 2.87. The molecule has 0 bridgehead atoms. The van der Waals surface area contributed by atoms with Crippen molar-refractivity contribution in [2.24, 2.45) is 5.41 Å². The van der Waals surface area contributed by atoms with Crippen molar-refractivity contribution in [1.29, 1.82) is 0 Å². The molecule has 0 aromatic carbocycles. The molecule has 19 heavy (non-hydrogen) atoms. The molecule has 3 nitrogen and oxygen atoms in total. The van der Waals surface area contributed by atoms with Gasteiger partial charge in [0.05, 0.1) is 11.7 Å². The molecule has 0 radical (unpaired) electrons. The highest BCUT2D eigenvalue weighted by Gasteiger charge is 2.36. The van der Waals surface area contributed by atoms with E-state index in [4.69, 9.17) is 4.74 Å². The molecular weight excluding hydrogens is 238 g/mol. The SMILES string of the molecule is CC1(C)CCC(O)(CNCCCC2CCCO2)CC1. The minimum atomic E-state index is -0.459. The van der Waals surface area contributed by atoms with Gasteiger partial charge in [0, 0.05) is 13.2 Å². The first-order valence-corrected chi connectivity index (χ1v) is 8.04. The molecule has 0 aromatic rings. The van der Waals surface area contributed by atoms with Gasteiger partial charge in [-0.25, -0.2) is 0 Å². The topological polar surface area (TPSA) is 41.5 Å². The van der Waals surface area contributed by atoms with E-state index in [-0.39, 0.29) is 0 Å². The molecule has 2 aliphatic rings. The summed E-state index contributed by atoms with van der Waals surface area (Å²) >= 11 is 0. The van der Waals surface area contributed by atoms with E-state index in [2.05, 4.69) is 19.2 Å². The second kappa shape index (κ2) is 6.55. The number of aliphatic hydroxyl groups is 1. The third-order valence-electron chi connectivity index (χ3n) is 4.89. The van der Waals surface area contributed by atoms with Gasteiger partial charge in [0.1, 0.15) is 0 Å². The summed E-state index contributed by atoms with van der Waals surface area (Å²) in [6, 6.07) is 0. The number of hydrogen-bond donors (Lipinski definition) is 2. The second-order valence-corrected chi connectivity index (χ2v) is 7.34. The van der Waals surface area contributed by atoms with Crippen molar-refractivity contribution in [3.63, 3.8) is 0 Å².